The summed E-state index contributed by atoms with van der Waals surface area (Å²) in [5, 5.41) is 10.6. The molecular formula is C21H32Cl2N2O. The molecule has 1 N–H and O–H groups in total. The molecule has 0 amide bonds. The average molecular weight is 399 g/mol. The molecule has 0 aromatic heterocycles. The highest BCUT2D eigenvalue weighted by molar-refractivity contribution is 5.14. The fourth-order valence-electron chi connectivity index (χ4n) is 3.48. The Morgan fingerprint density at radius 3 is 1.27 bits per heavy atom. The monoisotopic (exact) mass is 398 g/mol. The molecule has 0 heterocycles. The second kappa shape index (κ2) is 10.9. The largest absolute Gasteiger partial charge is 1.00 e. The zero-order valence-corrected chi connectivity index (χ0v) is 17.8. The van der Waals surface area contributed by atoms with Gasteiger partial charge in [-0.15, -0.1) is 0 Å². The zero-order valence-electron chi connectivity index (χ0n) is 16.3. The van der Waals surface area contributed by atoms with E-state index in [0.717, 1.165) is 35.1 Å². The molecule has 0 aliphatic carbocycles. The van der Waals surface area contributed by atoms with Crippen molar-refractivity contribution in [3.8, 4) is 0 Å². The molecule has 5 heteroatoms. The lowest BCUT2D eigenvalue weighted by molar-refractivity contribution is -0.927. The van der Waals surface area contributed by atoms with Gasteiger partial charge in [-0.3, -0.25) is 0 Å². The van der Waals surface area contributed by atoms with Gasteiger partial charge in [0.1, 0.15) is 26.2 Å². The summed E-state index contributed by atoms with van der Waals surface area (Å²) in [5.41, 5.74) is 2.63. The predicted molar refractivity (Wildman–Crippen MR) is 100 cm³/mol. The van der Waals surface area contributed by atoms with Crippen molar-refractivity contribution < 1.29 is 38.9 Å². The Morgan fingerprint density at radius 2 is 0.962 bits per heavy atom. The number of quaternary nitrogens is 2. The molecule has 3 nitrogen and oxygen atoms in total. The van der Waals surface area contributed by atoms with E-state index in [9.17, 15) is 5.11 Å². The van der Waals surface area contributed by atoms with Crippen molar-refractivity contribution >= 4 is 0 Å². The third-order valence-corrected chi connectivity index (χ3v) is 4.32. The maximum Gasteiger partial charge on any atom is 0.152 e. The number of nitrogens with zero attached hydrogens (tertiary/aromatic N) is 2. The van der Waals surface area contributed by atoms with E-state index < -0.39 is 0 Å². The first kappa shape index (κ1) is 24.9. The van der Waals surface area contributed by atoms with Crippen molar-refractivity contribution in [2.75, 3.05) is 41.3 Å². The van der Waals surface area contributed by atoms with Gasteiger partial charge >= 0.3 is 0 Å². The van der Waals surface area contributed by atoms with Crippen LogP contribution >= 0.6 is 0 Å². The molecule has 0 spiro atoms. The Labute approximate surface area is 171 Å². The van der Waals surface area contributed by atoms with Crippen LogP contribution in [-0.2, 0) is 13.1 Å². The minimum Gasteiger partial charge on any atom is -1.00 e. The van der Waals surface area contributed by atoms with Gasteiger partial charge in [0.25, 0.3) is 0 Å². The Balaban J connectivity index is 0.00000312. The molecule has 0 radical (unpaired) electrons. The number of hydrogen-bond donors (Lipinski definition) is 1. The number of hydrogen-bond acceptors (Lipinski definition) is 1. The topological polar surface area (TPSA) is 20.2 Å². The van der Waals surface area contributed by atoms with Crippen LogP contribution in [0.15, 0.2) is 60.7 Å². The van der Waals surface area contributed by atoms with Gasteiger partial charge in [0.2, 0.25) is 0 Å². The van der Waals surface area contributed by atoms with E-state index in [1.807, 2.05) is 12.1 Å². The highest BCUT2D eigenvalue weighted by atomic mass is 35.5. The number of benzene rings is 2. The Kier molecular flexibility index (Phi) is 10.4. The van der Waals surface area contributed by atoms with Crippen molar-refractivity contribution in [1.29, 1.82) is 0 Å². The van der Waals surface area contributed by atoms with E-state index in [1.54, 1.807) is 0 Å². The minimum atomic E-state index is -0.317. The van der Waals surface area contributed by atoms with Crippen LogP contribution < -0.4 is 24.8 Å². The maximum absolute atomic E-state index is 10.6. The number of aliphatic hydroxyl groups is 1. The number of likely N-dealkylation sites (N-methyl/N-ethyl adjacent to an activating group) is 2. The molecule has 2 aromatic rings. The van der Waals surface area contributed by atoms with Crippen molar-refractivity contribution in [1.82, 2.24) is 0 Å². The number of aliphatic hydroxyl groups excluding tert-OH is 1. The van der Waals surface area contributed by atoms with Crippen molar-refractivity contribution in [3.63, 3.8) is 0 Å². The quantitative estimate of drug-likeness (QED) is 0.467. The van der Waals surface area contributed by atoms with Crippen molar-refractivity contribution in [2.24, 2.45) is 0 Å². The van der Waals surface area contributed by atoms with Gasteiger partial charge in [-0.1, -0.05) is 60.7 Å². The first-order valence-corrected chi connectivity index (χ1v) is 8.66. The predicted octanol–water partition coefficient (Wildman–Crippen LogP) is -3.09. The van der Waals surface area contributed by atoms with Crippen LogP contribution in [0.4, 0.5) is 0 Å². The molecule has 0 saturated carbocycles. The van der Waals surface area contributed by atoms with Crippen molar-refractivity contribution in [2.45, 2.75) is 19.2 Å². The van der Waals surface area contributed by atoms with E-state index in [2.05, 4.69) is 76.7 Å². The Bertz CT molecular complexity index is 563. The molecule has 0 bridgehead atoms. The van der Waals surface area contributed by atoms with E-state index >= 15 is 0 Å². The fourth-order valence-corrected chi connectivity index (χ4v) is 3.48. The van der Waals surface area contributed by atoms with Crippen LogP contribution in [0.2, 0.25) is 0 Å². The summed E-state index contributed by atoms with van der Waals surface area (Å²) in [7, 11) is 8.75. The molecule has 0 aliphatic heterocycles. The third-order valence-electron chi connectivity index (χ3n) is 4.32. The van der Waals surface area contributed by atoms with Gasteiger partial charge in [-0.25, -0.2) is 0 Å². The summed E-state index contributed by atoms with van der Waals surface area (Å²) in [6.45, 7) is 3.38. The van der Waals surface area contributed by atoms with Crippen LogP contribution in [0, 0.1) is 0 Å². The van der Waals surface area contributed by atoms with Gasteiger partial charge in [-0.2, -0.15) is 0 Å². The third kappa shape index (κ3) is 9.02. The molecule has 0 unspecified atom stereocenters. The smallest absolute Gasteiger partial charge is 0.152 e. The fraction of sp³-hybridized carbons (Fsp3) is 0.429. The van der Waals surface area contributed by atoms with Crippen LogP contribution in [0.25, 0.3) is 0 Å². The first-order valence-electron chi connectivity index (χ1n) is 8.66. The summed E-state index contributed by atoms with van der Waals surface area (Å²) in [5.74, 6) is 0. The molecule has 0 fully saturated rings. The van der Waals surface area contributed by atoms with E-state index in [4.69, 9.17) is 0 Å². The van der Waals surface area contributed by atoms with Crippen LogP contribution in [0.3, 0.4) is 0 Å². The van der Waals surface area contributed by atoms with Gasteiger partial charge in [0.15, 0.2) is 6.10 Å². The second-order valence-corrected chi connectivity index (χ2v) is 8.18. The molecule has 26 heavy (non-hydrogen) atoms. The Morgan fingerprint density at radius 1 is 0.654 bits per heavy atom. The lowest BCUT2D eigenvalue weighted by atomic mass is 10.1. The molecule has 0 atom stereocenters. The zero-order chi connectivity index (χ0) is 17.6. The standard InChI is InChI=1S/C21H32N2O.2ClH/c1-22(2,15-19-11-7-5-8-12-19)17-21(24)18-23(3,4)16-20-13-9-6-10-14-20;;/h5-14,21,24H,15-18H2,1-4H3;2*1H/q+2;;/p-2. The summed E-state index contributed by atoms with van der Waals surface area (Å²) in [6, 6.07) is 21.0. The molecule has 146 valence electrons. The summed E-state index contributed by atoms with van der Waals surface area (Å²) >= 11 is 0. The molecule has 0 aliphatic rings. The first-order chi connectivity index (χ1) is 11.3. The molecule has 2 rings (SSSR count). The minimum absolute atomic E-state index is 0. The van der Waals surface area contributed by atoms with Crippen LogP contribution in [-0.4, -0.2) is 61.5 Å². The Hall–Kier alpha value is -1.10. The summed E-state index contributed by atoms with van der Waals surface area (Å²) < 4.78 is 1.58. The van der Waals surface area contributed by atoms with Gasteiger partial charge in [0.05, 0.1) is 28.2 Å². The van der Waals surface area contributed by atoms with Gasteiger partial charge in [0, 0.05) is 11.1 Å². The molecule has 0 saturated heterocycles. The van der Waals surface area contributed by atoms with Crippen LogP contribution in [0.1, 0.15) is 11.1 Å². The van der Waals surface area contributed by atoms with E-state index in [0.29, 0.717) is 0 Å². The lowest BCUT2D eigenvalue weighted by Crippen LogP contribution is -3.00. The van der Waals surface area contributed by atoms with Crippen molar-refractivity contribution in [3.05, 3.63) is 71.8 Å². The summed E-state index contributed by atoms with van der Waals surface area (Å²) in [4.78, 5) is 0. The van der Waals surface area contributed by atoms with E-state index in [1.165, 1.54) is 11.1 Å². The highest BCUT2D eigenvalue weighted by Gasteiger charge is 2.27. The molecule has 2 aromatic carbocycles. The van der Waals surface area contributed by atoms with Gasteiger partial charge in [-0.05, 0) is 0 Å². The number of rotatable bonds is 8. The van der Waals surface area contributed by atoms with Gasteiger partial charge < -0.3 is 38.9 Å². The lowest BCUT2D eigenvalue weighted by Gasteiger charge is -2.36. The average Bonchev–Trinajstić information content (AvgIpc) is 2.46. The second-order valence-electron chi connectivity index (χ2n) is 8.18. The number of halogens is 2. The van der Waals surface area contributed by atoms with Crippen LogP contribution in [0.5, 0.6) is 0 Å². The summed E-state index contributed by atoms with van der Waals surface area (Å²) in [6.07, 6.45) is -0.317. The normalized spacial score (nSPS) is 11.6. The highest BCUT2D eigenvalue weighted by Crippen LogP contribution is 2.14. The SMILES string of the molecule is C[N+](C)(Cc1ccccc1)CC(O)C[N+](C)(C)Cc1ccccc1.[Cl-].[Cl-]. The van der Waals surface area contributed by atoms with E-state index in [-0.39, 0.29) is 30.9 Å². The molecular weight excluding hydrogens is 367 g/mol. The maximum atomic E-state index is 10.6.